The molecule has 0 saturated carbocycles. The molecule has 0 radical (unpaired) electrons. The second-order valence-corrected chi connectivity index (χ2v) is 5.03. The molecule has 1 atom stereocenters. The fourth-order valence-electron chi connectivity index (χ4n) is 1.56. The average Bonchev–Trinajstić information content (AvgIpc) is 2.18. The summed E-state index contributed by atoms with van der Waals surface area (Å²) >= 11 is 4.95. The third kappa shape index (κ3) is 3.28. The lowest BCUT2D eigenvalue weighted by Gasteiger charge is -2.34. The van der Waals surface area contributed by atoms with Crippen LogP contribution in [0.15, 0.2) is 0 Å². The van der Waals surface area contributed by atoms with Crippen LogP contribution in [-0.4, -0.2) is 46.0 Å². The summed E-state index contributed by atoms with van der Waals surface area (Å²) in [7, 11) is 0. The van der Waals surface area contributed by atoms with E-state index in [4.69, 9.17) is 0 Å². The molecule has 1 saturated heterocycles. The SMILES string of the molecule is CC(=O)N1CCSCC1CC(=O)CBr. The van der Waals surface area contributed by atoms with Crippen molar-refractivity contribution in [2.75, 3.05) is 23.4 Å². The van der Waals surface area contributed by atoms with Crippen molar-refractivity contribution in [2.24, 2.45) is 0 Å². The molecule has 0 aromatic carbocycles. The maximum Gasteiger partial charge on any atom is 0.219 e. The first-order chi connectivity index (χ1) is 6.65. The Morgan fingerprint density at radius 1 is 1.57 bits per heavy atom. The highest BCUT2D eigenvalue weighted by molar-refractivity contribution is 9.09. The van der Waals surface area contributed by atoms with Crippen LogP contribution in [0.25, 0.3) is 0 Å². The van der Waals surface area contributed by atoms with E-state index in [1.165, 1.54) is 0 Å². The van der Waals surface area contributed by atoms with Crippen LogP contribution in [0.3, 0.4) is 0 Å². The van der Waals surface area contributed by atoms with E-state index in [-0.39, 0.29) is 17.7 Å². The standard InChI is InChI=1S/C9H14BrNO2S/c1-7(12)11-2-3-14-6-8(11)4-9(13)5-10/h8H,2-6H2,1H3. The van der Waals surface area contributed by atoms with Crippen LogP contribution in [0.1, 0.15) is 13.3 Å². The lowest BCUT2D eigenvalue weighted by atomic mass is 10.1. The Morgan fingerprint density at radius 2 is 2.29 bits per heavy atom. The van der Waals surface area contributed by atoms with Crippen LogP contribution >= 0.6 is 27.7 Å². The zero-order valence-electron chi connectivity index (χ0n) is 8.16. The molecule has 1 unspecified atom stereocenters. The number of carbonyl (C=O) groups is 2. The number of hydrogen-bond donors (Lipinski definition) is 0. The van der Waals surface area contributed by atoms with Gasteiger partial charge in [-0.1, -0.05) is 15.9 Å². The zero-order valence-corrected chi connectivity index (χ0v) is 10.6. The van der Waals surface area contributed by atoms with Crippen molar-refractivity contribution in [3.8, 4) is 0 Å². The fraction of sp³-hybridized carbons (Fsp3) is 0.778. The molecule has 0 aliphatic carbocycles. The molecule has 3 nitrogen and oxygen atoms in total. The number of carbonyl (C=O) groups excluding carboxylic acids is 2. The molecule has 1 aliphatic heterocycles. The summed E-state index contributed by atoms with van der Waals surface area (Å²) < 4.78 is 0. The number of hydrogen-bond acceptors (Lipinski definition) is 3. The molecular formula is C9H14BrNO2S. The van der Waals surface area contributed by atoms with Gasteiger partial charge in [-0.25, -0.2) is 0 Å². The smallest absolute Gasteiger partial charge is 0.219 e. The van der Waals surface area contributed by atoms with Crippen LogP contribution in [0, 0.1) is 0 Å². The van der Waals surface area contributed by atoms with Gasteiger partial charge >= 0.3 is 0 Å². The van der Waals surface area contributed by atoms with Gasteiger partial charge in [0.15, 0.2) is 0 Å². The van der Waals surface area contributed by atoms with Gasteiger partial charge < -0.3 is 4.90 Å². The molecule has 1 heterocycles. The number of amides is 1. The van der Waals surface area contributed by atoms with Gasteiger partial charge in [-0.3, -0.25) is 9.59 Å². The first kappa shape index (κ1) is 12.0. The van der Waals surface area contributed by atoms with Gasteiger partial charge in [0, 0.05) is 37.4 Å². The quantitative estimate of drug-likeness (QED) is 0.731. The Labute approximate surface area is 96.7 Å². The number of halogens is 1. The predicted molar refractivity (Wildman–Crippen MR) is 61.9 cm³/mol. The molecule has 0 bridgehead atoms. The molecule has 5 heteroatoms. The van der Waals surface area contributed by atoms with E-state index in [1.54, 1.807) is 6.92 Å². The summed E-state index contributed by atoms with van der Waals surface area (Å²) in [5.74, 6) is 2.12. The monoisotopic (exact) mass is 279 g/mol. The summed E-state index contributed by atoms with van der Waals surface area (Å²) in [6.07, 6.45) is 0.484. The normalized spacial score (nSPS) is 22.1. The Balaban J connectivity index is 2.54. The highest BCUT2D eigenvalue weighted by Crippen LogP contribution is 2.19. The minimum absolute atomic E-state index is 0.0812. The van der Waals surface area contributed by atoms with Gasteiger partial charge in [0.05, 0.1) is 5.33 Å². The molecule has 0 aromatic heterocycles. The average molecular weight is 280 g/mol. The van der Waals surface area contributed by atoms with Crippen molar-refractivity contribution in [3.05, 3.63) is 0 Å². The van der Waals surface area contributed by atoms with E-state index in [1.807, 2.05) is 16.7 Å². The number of nitrogens with zero attached hydrogens (tertiary/aromatic N) is 1. The van der Waals surface area contributed by atoms with E-state index in [9.17, 15) is 9.59 Å². The first-order valence-corrected chi connectivity index (χ1v) is 6.85. The molecule has 1 fully saturated rings. The van der Waals surface area contributed by atoms with E-state index < -0.39 is 0 Å². The molecule has 0 N–H and O–H groups in total. The molecule has 1 amide bonds. The third-order valence-electron chi connectivity index (χ3n) is 2.24. The largest absolute Gasteiger partial charge is 0.338 e. The minimum Gasteiger partial charge on any atom is -0.338 e. The summed E-state index contributed by atoms with van der Waals surface area (Å²) in [4.78, 5) is 24.3. The van der Waals surface area contributed by atoms with Gasteiger partial charge in [0.25, 0.3) is 0 Å². The number of thioether (sulfide) groups is 1. The predicted octanol–water partition coefficient (Wildman–Crippen LogP) is 1.30. The lowest BCUT2D eigenvalue weighted by molar-refractivity contribution is -0.131. The van der Waals surface area contributed by atoms with Gasteiger partial charge in [-0.05, 0) is 0 Å². The maximum atomic E-state index is 11.3. The second-order valence-electron chi connectivity index (χ2n) is 3.32. The van der Waals surface area contributed by atoms with Crippen LogP contribution in [0.2, 0.25) is 0 Å². The number of alkyl halides is 1. The summed E-state index contributed by atoms with van der Waals surface area (Å²) in [6, 6.07) is 0.108. The van der Waals surface area contributed by atoms with Gasteiger partial charge in [0.2, 0.25) is 5.91 Å². The molecular weight excluding hydrogens is 266 g/mol. The van der Waals surface area contributed by atoms with E-state index in [0.29, 0.717) is 11.8 Å². The van der Waals surface area contributed by atoms with E-state index in [0.717, 1.165) is 18.1 Å². The van der Waals surface area contributed by atoms with Crippen LogP contribution in [-0.2, 0) is 9.59 Å². The summed E-state index contributed by atoms with van der Waals surface area (Å²) in [5, 5.41) is 0.389. The van der Waals surface area contributed by atoms with Gasteiger partial charge in [-0.15, -0.1) is 0 Å². The van der Waals surface area contributed by atoms with E-state index >= 15 is 0 Å². The van der Waals surface area contributed by atoms with Gasteiger partial charge in [0.1, 0.15) is 5.78 Å². The van der Waals surface area contributed by atoms with Crippen molar-refractivity contribution in [1.82, 2.24) is 4.90 Å². The molecule has 14 heavy (non-hydrogen) atoms. The zero-order chi connectivity index (χ0) is 10.6. The van der Waals surface area contributed by atoms with Crippen molar-refractivity contribution >= 4 is 39.4 Å². The highest BCUT2D eigenvalue weighted by Gasteiger charge is 2.26. The highest BCUT2D eigenvalue weighted by atomic mass is 79.9. The number of Topliss-reactive ketones (excluding diaryl/α,β-unsaturated/α-hetero) is 1. The summed E-state index contributed by atoms with van der Waals surface area (Å²) in [5.41, 5.74) is 0. The topological polar surface area (TPSA) is 37.4 Å². The van der Waals surface area contributed by atoms with Crippen molar-refractivity contribution < 1.29 is 9.59 Å². The third-order valence-corrected chi connectivity index (χ3v) is 3.96. The van der Waals surface area contributed by atoms with Gasteiger partial charge in [-0.2, -0.15) is 11.8 Å². The molecule has 0 spiro atoms. The molecule has 1 aliphatic rings. The van der Waals surface area contributed by atoms with E-state index in [2.05, 4.69) is 15.9 Å². The first-order valence-electron chi connectivity index (χ1n) is 4.57. The molecule has 1 rings (SSSR count). The summed E-state index contributed by atoms with van der Waals surface area (Å²) in [6.45, 7) is 2.35. The van der Waals surface area contributed by atoms with Crippen molar-refractivity contribution in [1.29, 1.82) is 0 Å². The number of ketones is 1. The van der Waals surface area contributed by atoms with Crippen molar-refractivity contribution in [3.63, 3.8) is 0 Å². The second kappa shape index (κ2) is 5.75. The molecule has 0 aromatic rings. The molecule has 80 valence electrons. The Bertz CT molecular complexity index is 235. The van der Waals surface area contributed by atoms with Crippen LogP contribution < -0.4 is 0 Å². The fourth-order valence-corrected chi connectivity index (χ4v) is 2.85. The van der Waals surface area contributed by atoms with Crippen LogP contribution in [0.4, 0.5) is 0 Å². The Hall–Kier alpha value is -0.0300. The lowest BCUT2D eigenvalue weighted by Crippen LogP contribution is -2.46. The minimum atomic E-state index is 0.0812. The Morgan fingerprint density at radius 3 is 2.86 bits per heavy atom. The maximum absolute atomic E-state index is 11.3. The van der Waals surface area contributed by atoms with Crippen LogP contribution in [0.5, 0.6) is 0 Å². The number of rotatable bonds is 3. The Kier molecular flexibility index (Phi) is 4.95. The van der Waals surface area contributed by atoms with Crippen molar-refractivity contribution in [2.45, 2.75) is 19.4 Å².